The van der Waals surface area contributed by atoms with Crippen LogP contribution in [0.3, 0.4) is 0 Å². The highest BCUT2D eigenvalue weighted by molar-refractivity contribution is 5.89. The van der Waals surface area contributed by atoms with E-state index in [2.05, 4.69) is 11.8 Å². The molecule has 1 aromatic rings. The normalized spacial score (nSPS) is 28.0. The smallest absolute Gasteiger partial charge is 0.338 e. The number of hydrogen-bond acceptors (Lipinski definition) is 3. The first-order valence-corrected chi connectivity index (χ1v) is 7.79. The van der Waals surface area contributed by atoms with Crippen molar-refractivity contribution in [3.8, 4) is 0 Å². The van der Waals surface area contributed by atoms with Gasteiger partial charge in [-0.3, -0.25) is 4.90 Å². The molecule has 116 valence electrons. The van der Waals surface area contributed by atoms with Crippen molar-refractivity contribution in [2.75, 3.05) is 6.54 Å². The highest BCUT2D eigenvalue weighted by Crippen LogP contribution is 2.37. The molecule has 2 bridgehead atoms. The van der Waals surface area contributed by atoms with E-state index in [1.54, 1.807) is 0 Å². The summed E-state index contributed by atoms with van der Waals surface area (Å²) in [5.41, 5.74) is 0.663. The molecular formula is C17H24ClNO2. The SMILES string of the molecule is CCCN1C2CCC1CC(OC(=O)c1ccccc1)C2.Cl. The molecule has 2 atom stereocenters. The van der Waals surface area contributed by atoms with Crippen molar-refractivity contribution in [2.45, 2.75) is 57.2 Å². The number of ether oxygens (including phenoxy) is 1. The van der Waals surface area contributed by atoms with Gasteiger partial charge in [0.25, 0.3) is 0 Å². The molecule has 0 aliphatic carbocycles. The van der Waals surface area contributed by atoms with Gasteiger partial charge in [0.1, 0.15) is 6.10 Å². The summed E-state index contributed by atoms with van der Waals surface area (Å²) in [5.74, 6) is -0.168. The molecule has 21 heavy (non-hydrogen) atoms. The van der Waals surface area contributed by atoms with E-state index >= 15 is 0 Å². The van der Waals surface area contributed by atoms with Gasteiger partial charge in [0, 0.05) is 24.9 Å². The summed E-state index contributed by atoms with van der Waals surface area (Å²) < 4.78 is 5.72. The molecule has 3 rings (SSSR count). The van der Waals surface area contributed by atoms with E-state index in [4.69, 9.17) is 4.74 Å². The largest absolute Gasteiger partial charge is 0.459 e. The molecule has 2 heterocycles. The summed E-state index contributed by atoms with van der Waals surface area (Å²) in [7, 11) is 0. The van der Waals surface area contributed by atoms with Gasteiger partial charge in [0.15, 0.2) is 0 Å². The first kappa shape index (κ1) is 16.3. The Morgan fingerprint density at radius 1 is 1.19 bits per heavy atom. The third kappa shape index (κ3) is 3.58. The molecule has 0 saturated carbocycles. The number of halogens is 1. The van der Waals surface area contributed by atoms with E-state index in [-0.39, 0.29) is 24.5 Å². The predicted molar refractivity (Wildman–Crippen MR) is 85.9 cm³/mol. The van der Waals surface area contributed by atoms with Gasteiger partial charge < -0.3 is 4.74 Å². The minimum Gasteiger partial charge on any atom is -0.459 e. The zero-order chi connectivity index (χ0) is 13.9. The second-order valence-electron chi connectivity index (χ2n) is 5.99. The van der Waals surface area contributed by atoms with Crippen LogP contribution < -0.4 is 0 Å². The van der Waals surface area contributed by atoms with Gasteiger partial charge >= 0.3 is 5.97 Å². The van der Waals surface area contributed by atoms with Crippen molar-refractivity contribution < 1.29 is 9.53 Å². The maximum Gasteiger partial charge on any atom is 0.338 e. The average molecular weight is 310 g/mol. The molecule has 4 heteroatoms. The minimum absolute atomic E-state index is 0. The van der Waals surface area contributed by atoms with Crippen LogP contribution in [-0.2, 0) is 4.74 Å². The van der Waals surface area contributed by atoms with E-state index in [0.29, 0.717) is 17.6 Å². The Morgan fingerprint density at radius 3 is 2.38 bits per heavy atom. The zero-order valence-electron chi connectivity index (χ0n) is 12.5. The van der Waals surface area contributed by atoms with Crippen molar-refractivity contribution in [1.82, 2.24) is 4.90 Å². The van der Waals surface area contributed by atoms with Crippen LogP contribution in [0.4, 0.5) is 0 Å². The van der Waals surface area contributed by atoms with Crippen LogP contribution in [0, 0.1) is 0 Å². The Kier molecular flexibility index (Phi) is 5.65. The number of benzene rings is 1. The number of esters is 1. The lowest BCUT2D eigenvalue weighted by molar-refractivity contribution is -0.00596. The first-order chi connectivity index (χ1) is 9.78. The second-order valence-corrected chi connectivity index (χ2v) is 5.99. The van der Waals surface area contributed by atoms with Crippen molar-refractivity contribution in [3.63, 3.8) is 0 Å². The van der Waals surface area contributed by atoms with Gasteiger partial charge in [-0.05, 0) is 37.9 Å². The number of nitrogens with zero attached hydrogens (tertiary/aromatic N) is 1. The summed E-state index contributed by atoms with van der Waals surface area (Å²) in [4.78, 5) is 14.7. The molecule has 0 radical (unpaired) electrons. The average Bonchev–Trinajstić information content (AvgIpc) is 2.71. The number of fused-ring (bicyclic) bond motifs is 2. The summed E-state index contributed by atoms with van der Waals surface area (Å²) in [6, 6.07) is 10.6. The summed E-state index contributed by atoms with van der Waals surface area (Å²) in [5, 5.41) is 0. The van der Waals surface area contributed by atoms with Gasteiger partial charge in [-0.2, -0.15) is 0 Å². The molecule has 1 aromatic carbocycles. The zero-order valence-corrected chi connectivity index (χ0v) is 13.3. The minimum atomic E-state index is -0.168. The Morgan fingerprint density at radius 2 is 1.81 bits per heavy atom. The molecule has 3 nitrogen and oxygen atoms in total. The molecule has 2 aliphatic rings. The van der Waals surface area contributed by atoms with Crippen LogP contribution in [0.2, 0.25) is 0 Å². The van der Waals surface area contributed by atoms with Gasteiger partial charge in [-0.15, -0.1) is 12.4 Å². The van der Waals surface area contributed by atoms with Crippen LogP contribution in [0.25, 0.3) is 0 Å². The summed E-state index contributed by atoms with van der Waals surface area (Å²) in [6.45, 7) is 3.43. The van der Waals surface area contributed by atoms with E-state index in [0.717, 1.165) is 12.8 Å². The Labute approximate surface area is 133 Å². The van der Waals surface area contributed by atoms with Gasteiger partial charge in [0.2, 0.25) is 0 Å². The maximum atomic E-state index is 12.1. The number of hydrogen-bond donors (Lipinski definition) is 0. The molecular weight excluding hydrogens is 286 g/mol. The second kappa shape index (κ2) is 7.28. The molecule has 0 aromatic heterocycles. The lowest BCUT2D eigenvalue weighted by Crippen LogP contribution is -2.46. The van der Waals surface area contributed by atoms with Crippen LogP contribution in [0.1, 0.15) is 49.4 Å². The van der Waals surface area contributed by atoms with Gasteiger partial charge in [0.05, 0.1) is 5.56 Å². The molecule has 0 amide bonds. The fourth-order valence-electron chi connectivity index (χ4n) is 3.74. The van der Waals surface area contributed by atoms with Crippen molar-refractivity contribution >= 4 is 18.4 Å². The van der Waals surface area contributed by atoms with E-state index in [9.17, 15) is 4.79 Å². The van der Waals surface area contributed by atoms with E-state index in [1.807, 2.05) is 30.3 Å². The fraction of sp³-hybridized carbons (Fsp3) is 0.588. The first-order valence-electron chi connectivity index (χ1n) is 7.79. The topological polar surface area (TPSA) is 29.5 Å². The van der Waals surface area contributed by atoms with Gasteiger partial charge in [-0.25, -0.2) is 4.79 Å². The van der Waals surface area contributed by atoms with Crippen LogP contribution >= 0.6 is 12.4 Å². The monoisotopic (exact) mass is 309 g/mol. The number of rotatable bonds is 4. The van der Waals surface area contributed by atoms with Crippen LogP contribution in [0.5, 0.6) is 0 Å². The summed E-state index contributed by atoms with van der Waals surface area (Å²) in [6.07, 6.45) is 5.87. The van der Waals surface area contributed by atoms with Crippen LogP contribution in [0.15, 0.2) is 30.3 Å². The molecule has 2 aliphatic heterocycles. The Balaban J connectivity index is 0.00000161. The summed E-state index contributed by atoms with van der Waals surface area (Å²) >= 11 is 0. The third-order valence-electron chi connectivity index (χ3n) is 4.61. The standard InChI is InChI=1S/C17H23NO2.ClH/c1-2-10-18-14-8-9-15(18)12-16(11-14)20-17(19)13-6-4-3-5-7-13;/h3-7,14-16H,2,8-12H2,1H3;1H. The lowest BCUT2D eigenvalue weighted by Gasteiger charge is -2.38. The van der Waals surface area contributed by atoms with Crippen molar-refractivity contribution in [3.05, 3.63) is 35.9 Å². The van der Waals surface area contributed by atoms with Crippen molar-refractivity contribution in [1.29, 1.82) is 0 Å². The fourth-order valence-corrected chi connectivity index (χ4v) is 3.74. The number of piperidine rings is 1. The van der Waals surface area contributed by atoms with Crippen LogP contribution in [-0.4, -0.2) is 35.6 Å². The molecule has 0 spiro atoms. The molecule has 0 N–H and O–H groups in total. The maximum absolute atomic E-state index is 12.1. The third-order valence-corrected chi connectivity index (χ3v) is 4.61. The predicted octanol–water partition coefficient (Wildman–Crippen LogP) is 3.67. The number of carbonyl (C=O) groups excluding carboxylic acids is 1. The highest BCUT2D eigenvalue weighted by atomic mass is 35.5. The molecule has 2 unspecified atom stereocenters. The van der Waals surface area contributed by atoms with E-state index < -0.39 is 0 Å². The lowest BCUT2D eigenvalue weighted by atomic mass is 9.99. The Bertz CT molecular complexity index is 451. The quantitative estimate of drug-likeness (QED) is 0.795. The number of carbonyl (C=O) groups is 1. The highest BCUT2D eigenvalue weighted by Gasteiger charge is 2.41. The molecule has 2 fully saturated rings. The Hall–Kier alpha value is -1.06. The van der Waals surface area contributed by atoms with Crippen molar-refractivity contribution in [2.24, 2.45) is 0 Å². The van der Waals surface area contributed by atoms with Gasteiger partial charge in [-0.1, -0.05) is 25.1 Å². The molecule has 2 saturated heterocycles. The van der Waals surface area contributed by atoms with E-state index in [1.165, 1.54) is 25.8 Å².